The number of aliphatic imine (C=N–C) groups is 1. The van der Waals surface area contributed by atoms with Gasteiger partial charge in [-0.15, -0.1) is 0 Å². The lowest BCUT2D eigenvalue weighted by molar-refractivity contribution is 0.122. The molecule has 1 fully saturated rings. The van der Waals surface area contributed by atoms with E-state index in [0.29, 0.717) is 46.8 Å². The molecule has 4 rings (SSSR count). The Kier molecular flexibility index (Phi) is 7.09. The highest BCUT2D eigenvalue weighted by atomic mass is 19.1. The van der Waals surface area contributed by atoms with Crippen LogP contribution in [0.1, 0.15) is 31.1 Å². The highest BCUT2D eigenvalue weighted by Gasteiger charge is 2.22. The second-order valence-corrected chi connectivity index (χ2v) is 8.37. The van der Waals surface area contributed by atoms with Crippen molar-refractivity contribution < 1.29 is 14.2 Å². The van der Waals surface area contributed by atoms with Crippen molar-refractivity contribution >= 4 is 22.9 Å². The van der Waals surface area contributed by atoms with Crippen molar-refractivity contribution in [2.75, 3.05) is 31.2 Å². The molecule has 0 saturated carbocycles. The van der Waals surface area contributed by atoms with Crippen molar-refractivity contribution in [1.82, 2.24) is 15.0 Å². The number of aromatic nitrogens is 3. The fraction of sp³-hybridized carbons (Fsp3) is 0.308. The van der Waals surface area contributed by atoms with Crippen LogP contribution in [0.2, 0.25) is 0 Å². The van der Waals surface area contributed by atoms with Gasteiger partial charge >= 0.3 is 0 Å². The van der Waals surface area contributed by atoms with E-state index in [2.05, 4.69) is 31.4 Å². The molecule has 1 aromatic carbocycles. The van der Waals surface area contributed by atoms with Crippen molar-refractivity contribution in [2.24, 2.45) is 4.99 Å². The van der Waals surface area contributed by atoms with Gasteiger partial charge < -0.3 is 14.7 Å². The van der Waals surface area contributed by atoms with Crippen molar-refractivity contribution in [3.05, 3.63) is 71.6 Å². The summed E-state index contributed by atoms with van der Waals surface area (Å²) in [6.45, 7) is 12.0. The van der Waals surface area contributed by atoms with Crippen LogP contribution in [0.4, 0.5) is 10.1 Å². The molecule has 1 aliphatic heterocycles. The minimum atomic E-state index is -1.03. The maximum atomic E-state index is 15.2. The van der Waals surface area contributed by atoms with Gasteiger partial charge in [-0.3, -0.25) is 9.98 Å². The van der Waals surface area contributed by atoms with Gasteiger partial charge in [0.05, 0.1) is 36.3 Å². The number of benzene rings is 1. The molecule has 1 saturated heterocycles. The summed E-state index contributed by atoms with van der Waals surface area (Å²) in [7, 11) is 0. The van der Waals surface area contributed by atoms with Crippen LogP contribution in [-0.4, -0.2) is 52.6 Å². The zero-order chi connectivity index (χ0) is 24.2. The van der Waals surface area contributed by atoms with Gasteiger partial charge in [-0.05, 0) is 50.1 Å². The van der Waals surface area contributed by atoms with Crippen LogP contribution >= 0.6 is 0 Å². The summed E-state index contributed by atoms with van der Waals surface area (Å²) in [5, 5.41) is 11.1. The number of aryl methyl sites for hydroxylation is 1. The van der Waals surface area contributed by atoms with Crippen molar-refractivity contribution in [3.8, 4) is 11.3 Å². The maximum absolute atomic E-state index is 15.2. The average Bonchev–Trinajstić information content (AvgIpc) is 2.84. The van der Waals surface area contributed by atoms with E-state index >= 15 is 4.39 Å². The molecule has 0 spiro atoms. The highest BCUT2D eigenvalue weighted by molar-refractivity contribution is 5.90. The van der Waals surface area contributed by atoms with Crippen LogP contribution < -0.4 is 4.90 Å². The molecule has 34 heavy (non-hydrogen) atoms. The lowest BCUT2D eigenvalue weighted by atomic mass is 9.95. The van der Waals surface area contributed by atoms with Crippen molar-refractivity contribution in [1.29, 1.82) is 0 Å². The lowest BCUT2D eigenvalue weighted by Crippen LogP contribution is -2.36. The average molecular weight is 462 g/mol. The molecule has 1 aliphatic rings. The Bertz CT molecular complexity index is 1280. The molecule has 7 nitrogen and oxygen atoms in total. The Morgan fingerprint density at radius 3 is 2.68 bits per heavy atom. The van der Waals surface area contributed by atoms with E-state index in [1.807, 2.05) is 19.9 Å². The minimum absolute atomic E-state index is 0.250. The second-order valence-electron chi connectivity index (χ2n) is 8.37. The Labute approximate surface area is 198 Å². The van der Waals surface area contributed by atoms with E-state index in [-0.39, 0.29) is 5.56 Å². The number of halogens is 1. The molecular formula is C26H28FN5O2. The summed E-state index contributed by atoms with van der Waals surface area (Å²) in [4.78, 5) is 19.8. The summed E-state index contributed by atoms with van der Waals surface area (Å²) in [6.07, 6.45) is 5.21. The van der Waals surface area contributed by atoms with Crippen molar-refractivity contribution in [3.63, 3.8) is 0 Å². The zero-order valence-corrected chi connectivity index (χ0v) is 19.6. The normalized spacial score (nSPS) is 15.0. The quantitative estimate of drug-likeness (QED) is 0.542. The summed E-state index contributed by atoms with van der Waals surface area (Å²) < 4.78 is 20.6. The predicted octanol–water partition coefficient (Wildman–Crippen LogP) is 4.56. The van der Waals surface area contributed by atoms with Gasteiger partial charge in [0.2, 0.25) is 0 Å². The first kappa shape index (κ1) is 23.7. The number of allylic oxidation sites excluding steroid dienone is 2. The van der Waals surface area contributed by atoms with E-state index < -0.39 is 11.9 Å². The molecular weight excluding hydrogens is 433 g/mol. The molecule has 0 amide bonds. The van der Waals surface area contributed by atoms with E-state index in [0.717, 1.165) is 24.4 Å². The third-order valence-electron chi connectivity index (χ3n) is 5.83. The minimum Gasteiger partial charge on any atom is -0.382 e. The smallest absolute Gasteiger partial charge is 0.132 e. The first-order chi connectivity index (χ1) is 16.4. The SMILES string of the molecule is C=CC=NC(=C(C)C)C(O)c1cc(-c2ncnc3cc(N4CCOCC4)cnc23)c(F)cc1C. The number of fused-ring (bicyclic) bond motifs is 1. The topological polar surface area (TPSA) is 83.7 Å². The van der Waals surface area contributed by atoms with E-state index in [4.69, 9.17) is 4.74 Å². The van der Waals surface area contributed by atoms with Gasteiger partial charge in [-0.25, -0.2) is 14.4 Å². The molecule has 0 aliphatic carbocycles. The summed E-state index contributed by atoms with van der Waals surface area (Å²) >= 11 is 0. The molecule has 3 aromatic rings. The van der Waals surface area contributed by atoms with Gasteiger partial charge in [0.25, 0.3) is 0 Å². The first-order valence-electron chi connectivity index (χ1n) is 11.1. The number of hydrogen-bond donors (Lipinski definition) is 1. The van der Waals surface area contributed by atoms with Gasteiger partial charge in [0.1, 0.15) is 29.5 Å². The zero-order valence-electron chi connectivity index (χ0n) is 19.6. The molecule has 3 heterocycles. The number of pyridine rings is 1. The van der Waals surface area contributed by atoms with Crippen molar-refractivity contribution in [2.45, 2.75) is 26.9 Å². The molecule has 2 aromatic heterocycles. The van der Waals surface area contributed by atoms with Crippen LogP contribution in [0.3, 0.4) is 0 Å². The number of aliphatic hydroxyl groups excluding tert-OH is 1. The van der Waals surface area contributed by atoms with Crippen LogP contribution in [0.5, 0.6) is 0 Å². The van der Waals surface area contributed by atoms with Gasteiger partial charge in [0, 0.05) is 24.9 Å². The number of hydrogen-bond acceptors (Lipinski definition) is 7. The van der Waals surface area contributed by atoms with E-state index in [1.165, 1.54) is 18.6 Å². The third kappa shape index (κ3) is 4.73. The largest absolute Gasteiger partial charge is 0.382 e. The molecule has 1 N–H and O–H groups in total. The molecule has 1 unspecified atom stereocenters. The van der Waals surface area contributed by atoms with Crippen LogP contribution in [-0.2, 0) is 4.74 Å². The maximum Gasteiger partial charge on any atom is 0.132 e. The second kappa shape index (κ2) is 10.2. The molecule has 0 radical (unpaired) electrons. The predicted molar refractivity (Wildman–Crippen MR) is 133 cm³/mol. The summed E-state index contributed by atoms with van der Waals surface area (Å²) in [5.41, 5.74) is 5.17. The summed E-state index contributed by atoms with van der Waals surface area (Å²) in [6, 6.07) is 4.97. The van der Waals surface area contributed by atoms with Gasteiger partial charge in [-0.2, -0.15) is 0 Å². The Morgan fingerprint density at radius 2 is 1.97 bits per heavy atom. The lowest BCUT2D eigenvalue weighted by Gasteiger charge is -2.28. The monoisotopic (exact) mass is 461 g/mol. The molecule has 0 bridgehead atoms. The molecule has 176 valence electrons. The Morgan fingerprint density at radius 1 is 1.21 bits per heavy atom. The van der Waals surface area contributed by atoms with E-state index in [9.17, 15) is 5.11 Å². The standard InChI is InChI=1S/C26H28FN5O2/c1-5-6-28-23(16(2)3)26(33)19-13-20(21(27)11-17(19)4)24-25-22(30-15-31-24)12-18(14-29-25)32-7-9-34-10-8-32/h5-6,11-15,26,33H,1,7-10H2,2-4H3. The third-order valence-corrected chi connectivity index (χ3v) is 5.83. The number of aliphatic hydroxyl groups is 1. The number of nitrogens with zero attached hydrogens (tertiary/aromatic N) is 5. The van der Waals surface area contributed by atoms with Gasteiger partial charge in [-0.1, -0.05) is 18.2 Å². The van der Waals surface area contributed by atoms with Crippen LogP contribution in [0.15, 0.2) is 59.6 Å². The number of anilines is 1. The Hall–Kier alpha value is -3.49. The number of rotatable bonds is 6. The van der Waals surface area contributed by atoms with Crippen LogP contribution in [0.25, 0.3) is 22.3 Å². The highest BCUT2D eigenvalue weighted by Crippen LogP contribution is 2.34. The molecule has 1 atom stereocenters. The Balaban J connectivity index is 1.80. The number of morpholine rings is 1. The molecule has 8 heteroatoms. The summed E-state index contributed by atoms with van der Waals surface area (Å²) in [5.74, 6) is -0.444. The fourth-order valence-electron chi connectivity index (χ4n) is 4.04. The van der Waals surface area contributed by atoms with Gasteiger partial charge in [0.15, 0.2) is 0 Å². The number of ether oxygens (including phenoxy) is 1. The fourth-order valence-corrected chi connectivity index (χ4v) is 4.04. The first-order valence-corrected chi connectivity index (χ1v) is 11.1. The van der Waals surface area contributed by atoms with Crippen LogP contribution in [0, 0.1) is 12.7 Å². The van der Waals surface area contributed by atoms with E-state index in [1.54, 1.807) is 25.3 Å².